The van der Waals surface area contributed by atoms with Gasteiger partial charge in [0, 0.05) is 5.92 Å². The number of carbonyl (C=O) groups is 2. The predicted octanol–water partition coefficient (Wildman–Crippen LogP) is 4.33. The molecule has 2 atom stereocenters. The molecule has 2 aromatic carbocycles. The quantitative estimate of drug-likeness (QED) is 0.539. The first kappa shape index (κ1) is 20.6. The average Bonchev–Trinajstić information content (AvgIpc) is 2.73. The molecule has 0 spiro atoms. The molecule has 0 saturated carbocycles. The third-order valence-electron chi connectivity index (χ3n) is 5.26. The van der Waals surface area contributed by atoms with Gasteiger partial charge in [0.2, 0.25) is 0 Å². The summed E-state index contributed by atoms with van der Waals surface area (Å²) in [4.78, 5) is 25.6. The molecule has 0 radical (unpaired) electrons. The number of ketones is 1. The molecule has 5 nitrogen and oxygen atoms in total. The van der Waals surface area contributed by atoms with E-state index in [9.17, 15) is 9.59 Å². The summed E-state index contributed by atoms with van der Waals surface area (Å²) in [5, 5.41) is 0. The standard InChI is InChI=1S/C24H26O5/c1-5-29-24(26)23-19(17-10-11-21(27-3)22(14-17)28-4)12-18(13-20(23)25)16-8-6-15(2)7-9-16/h6-11,13-14,19,23H,5,12H2,1-4H3/t19-,23+/m0/s1. The van der Waals surface area contributed by atoms with Gasteiger partial charge in [-0.1, -0.05) is 35.9 Å². The van der Waals surface area contributed by atoms with E-state index in [0.717, 1.165) is 22.3 Å². The van der Waals surface area contributed by atoms with E-state index in [0.29, 0.717) is 17.9 Å². The molecule has 0 fully saturated rings. The summed E-state index contributed by atoms with van der Waals surface area (Å²) >= 11 is 0. The molecule has 1 aliphatic rings. The summed E-state index contributed by atoms with van der Waals surface area (Å²) in [6, 6.07) is 13.6. The maximum Gasteiger partial charge on any atom is 0.317 e. The molecule has 0 bridgehead atoms. The van der Waals surface area contributed by atoms with Gasteiger partial charge < -0.3 is 14.2 Å². The van der Waals surface area contributed by atoms with Crippen molar-refractivity contribution in [1.29, 1.82) is 0 Å². The third-order valence-corrected chi connectivity index (χ3v) is 5.26. The van der Waals surface area contributed by atoms with Gasteiger partial charge in [-0.25, -0.2) is 0 Å². The van der Waals surface area contributed by atoms with Crippen molar-refractivity contribution in [3.63, 3.8) is 0 Å². The molecule has 5 heteroatoms. The van der Waals surface area contributed by atoms with Crippen LogP contribution in [0, 0.1) is 12.8 Å². The Morgan fingerprint density at radius 3 is 2.34 bits per heavy atom. The molecule has 0 N–H and O–H groups in total. The Labute approximate surface area is 171 Å². The van der Waals surface area contributed by atoms with Gasteiger partial charge in [0.1, 0.15) is 5.92 Å². The van der Waals surface area contributed by atoms with E-state index in [1.807, 2.05) is 43.3 Å². The second-order valence-electron chi connectivity index (χ2n) is 7.09. The fourth-order valence-electron chi connectivity index (χ4n) is 3.75. The van der Waals surface area contributed by atoms with Gasteiger partial charge >= 0.3 is 5.97 Å². The van der Waals surface area contributed by atoms with Crippen molar-refractivity contribution >= 4 is 17.3 Å². The predicted molar refractivity (Wildman–Crippen MR) is 111 cm³/mol. The minimum Gasteiger partial charge on any atom is -0.493 e. The SMILES string of the molecule is CCOC(=O)[C@H]1C(=O)C=C(c2ccc(C)cc2)C[C@H]1c1ccc(OC)c(OC)c1. The number of aryl methyl sites for hydroxylation is 1. The molecule has 0 saturated heterocycles. The lowest BCUT2D eigenvalue weighted by molar-refractivity contribution is -0.151. The van der Waals surface area contributed by atoms with Gasteiger partial charge in [0.15, 0.2) is 17.3 Å². The zero-order valence-corrected chi connectivity index (χ0v) is 17.2. The van der Waals surface area contributed by atoms with Gasteiger partial charge in [-0.05, 0) is 55.2 Å². The van der Waals surface area contributed by atoms with E-state index in [4.69, 9.17) is 14.2 Å². The van der Waals surface area contributed by atoms with E-state index < -0.39 is 11.9 Å². The maximum absolute atomic E-state index is 13.0. The Bertz CT molecular complexity index is 927. The minimum atomic E-state index is -0.873. The van der Waals surface area contributed by atoms with Crippen LogP contribution in [0.4, 0.5) is 0 Å². The van der Waals surface area contributed by atoms with E-state index in [1.54, 1.807) is 33.3 Å². The van der Waals surface area contributed by atoms with Gasteiger partial charge in [0.25, 0.3) is 0 Å². The number of ether oxygens (including phenoxy) is 3. The number of benzene rings is 2. The van der Waals surface area contributed by atoms with Crippen LogP contribution in [0.25, 0.3) is 5.57 Å². The summed E-state index contributed by atoms with van der Waals surface area (Å²) in [5.74, 6) is -0.779. The fraction of sp³-hybridized carbons (Fsp3) is 0.333. The van der Waals surface area contributed by atoms with Crippen LogP contribution in [0.5, 0.6) is 11.5 Å². The van der Waals surface area contributed by atoms with Gasteiger partial charge in [-0.15, -0.1) is 0 Å². The molecule has 3 rings (SSSR count). The first-order valence-electron chi connectivity index (χ1n) is 9.68. The summed E-state index contributed by atoms with van der Waals surface area (Å²) in [6.45, 7) is 3.99. The Balaban J connectivity index is 2.05. The van der Waals surface area contributed by atoms with Crippen molar-refractivity contribution in [3.8, 4) is 11.5 Å². The minimum absolute atomic E-state index is 0.231. The normalized spacial score (nSPS) is 18.8. The molecule has 0 heterocycles. The lowest BCUT2D eigenvalue weighted by Gasteiger charge is -2.30. The zero-order chi connectivity index (χ0) is 21.0. The van der Waals surface area contributed by atoms with E-state index in [2.05, 4.69) is 0 Å². The average molecular weight is 394 g/mol. The highest BCUT2D eigenvalue weighted by Crippen LogP contribution is 2.42. The molecule has 152 valence electrons. The van der Waals surface area contributed by atoms with Crippen LogP contribution in [0.2, 0.25) is 0 Å². The van der Waals surface area contributed by atoms with Crippen LogP contribution < -0.4 is 9.47 Å². The number of carbonyl (C=O) groups excluding carboxylic acids is 2. The summed E-state index contributed by atoms with van der Waals surface area (Å²) < 4.78 is 16.0. The second kappa shape index (κ2) is 8.95. The van der Waals surface area contributed by atoms with E-state index in [1.165, 1.54) is 0 Å². The number of methoxy groups -OCH3 is 2. The van der Waals surface area contributed by atoms with Crippen LogP contribution >= 0.6 is 0 Å². The van der Waals surface area contributed by atoms with Crippen LogP contribution in [0.1, 0.15) is 36.0 Å². The smallest absolute Gasteiger partial charge is 0.317 e. The first-order valence-corrected chi connectivity index (χ1v) is 9.68. The van der Waals surface area contributed by atoms with Crippen LogP contribution in [-0.4, -0.2) is 32.6 Å². The maximum atomic E-state index is 13.0. The van der Waals surface area contributed by atoms with E-state index in [-0.39, 0.29) is 18.3 Å². The Hall–Kier alpha value is -3.08. The molecule has 29 heavy (non-hydrogen) atoms. The summed E-state index contributed by atoms with van der Waals surface area (Å²) in [7, 11) is 3.13. The van der Waals surface area contributed by atoms with Crippen molar-refractivity contribution < 1.29 is 23.8 Å². The van der Waals surface area contributed by atoms with Crippen molar-refractivity contribution in [1.82, 2.24) is 0 Å². The van der Waals surface area contributed by atoms with Crippen LogP contribution in [-0.2, 0) is 14.3 Å². The Morgan fingerprint density at radius 1 is 1.03 bits per heavy atom. The van der Waals surface area contributed by atoms with Crippen LogP contribution in [0.3, 0.4) is 0 Å². The highest BCUT2D eigenvalue weighted by atomic mass is 16.5. The van der Waals surface area contributed by atoms with Crippen molar-refractivity contribution in [2.45, 2.75) is 26.2 Å². The number of hydrogen-bond donors (Lipinski definition) is 0. The number of rotatable bonds is 6. The molecular formula is C24H26O5. The topological polar surface area (TPSA) is 61.8 Å². The van der Waals surface area contributed by atoms with Crippen LogP contribution in [0.15, 0.2) is 48.5 Å². The van der Waals surface area contributed by atoms with Crippen molar-refractivity contribution in [2.24, 2.45) is 5.92 Å². The lowest BCUT2D eigenvalue weighted by atomic mass is 9.73. The third kappa shape index (κ3) is 4.34. The molecule has 0 unspecified atom stereocenters. The Morgan fingerprint density at radius 2 is 1.72 bits per heavy atom. The molecule has 2 aromatic rings. The highest BCUT2D eigenvalue weighted by molar-refractivity contribution is 6.10. The highest BCUT2D eigenvalue weighted by Gasteiger charge is 2.40. The van der Waals surface area contributed by atoms with Gasteiger partial charge in [-0.2, -0.15) is 0 Å². The fourth-order valence-corrected chi connectivity index (χ4v) is 3.75. The monoisotopic (exact) mass is 394 g/mol. The van der Waals surface area contributed by atoms with Gasteiger partial charge in [0.05, 0.1) is 20.8 Å². The van der Waals surface area contributed by atoms with Crippen molar-refractivity contribution in [2.75, 3.05) is 20.8 Å². The zero-order valence-electron chi connectivity index (χ0n) is 17.2. The largest absolute Gasteiger partial charge is 0.493 e. The summed E-state index contributed by atoms with van der Waals surface area (Å²) in [5.41, 5.74) is 3.89. The summed E-state index contributed by atoms with van der Waals surface area (Å²) in [6.07, 6.45) is 2.14. The van der Waals surface area contributed by atoms with Crippen molar-refractivity contribution in [3.05, 3.63) is 65.2 Å². The number of esters is 1. The number of allylic oxidation sites excluding steroid dienone is 2. The second-order valence-corrected chi connectivity index (χ2v) is 7.09. The Kier molecular flexibility index (Phi) is 6.37. The van der Waals surface area contributed by atoms with E-state index >= 15 is 0 Å². The molecule has 0 amide bonds. The molecular weight excluding hydrogens is 368 g/mol. The molecule has 0 aromatic heterocycles. The molecule has 1 aliphatic carbocycles. The number of hydrogen-bond acceptors (Lipinski definition) is 5. The molecule has 0 aliphatic heterocycles. The first-order chi connectivity index (χ1) is 14.0. The lowest BCUT2D eigenvalue weighted by Crippen LogP contribution is -2.34. The van der Waals surface area contributed by atoms with Gasteiger partial charge in [-0.3, -0.25) is 9.59 Å².